The van der Waals surface area contributed by atoms with Gasteiger partial charge in [-0.05, 0) is 49.2 Å². The summed E-state index contributed by atoms with van der Waals surface area (Å²) in [6.45, 7) is 1.88. The van der Waals surface area contributed by atoms with E-state index in [1.165, 1.54) is 25.1 Å². The van der Waals surface area contributed by atoms with Gasteiger partial charge in [0, 0.05) is 18.5 Å². The SMILES string of the molecule is CC(O)Cc1cc(F)c(-c2cc(C(N)=O)c(Nc3cccc(N(C)CCO)n3)s2)c(F)c1. The maximum absolute atomic E-state index is 14.7. The molecule has 32 heavy (non-hydrogen) atoms. The number of carbonyl (C=O) groups excluding carboxylic acids is 1. The van der Waals surface area contributed by atoms with E-state index in [0.29, 0.717) is 28.7 Å². The van der Waals surface area contributed by atoms with Crippen LogP contribution in [0.3, 0.4) is 0 Å². The fourth-order valence-electron chi connectivity index (χ4n) is 3.20. The number of aliphatic hydroxyl groups excluding tert-OH is 2. The highest BCUT2D eigenvalue weighted by atomic mass is 32.1. The predicted molar refractivity (Wildman–Crippen MR) is 121 cm³/mol. The average molecular weight is 463 g/mol. The lowest BCUT2D eigenvalue weighted by molar-refractivity contribution is 0.100. The third-order valence-electron chi connectivity index (χ3n) is 4.68. The number of carbonyl (C=O) groups is 1. The van der Waals surface area contributed by atoms with E-state index in [4.69, 9.17) is 10.8 Å². The Labute approximate surface area is 188 Å². The van der Waals surface area contributed by atoms with Gasteiger partial charge in [0.2, 0.25) is 0 Å². The Bertz CT molecular complexity index is 1100. The van der Waals surface area contributed by atoms with Crippen molar-refractivity contribution in [2.24, 2.45) is 5.73 Å². The molecule has 1 aromatic carbocycles. The zero-order valence-corrected chi connectivity index (χ0v) is 18.4. The molecule has 2 aromatic heterocycles. The van der Waals surface area contributed by atoms with Gasteiger partial charge in [0.1, 0.15) is 28.3 Å². The van der Waals surface area contributed by atoms with Crippen LogP contribution in [0.2, 0.25) is 0 Å². The molecule has 0 radical (unpaired) electrons. The first kappa shape index (κ1) is 23.6. The lowest BCUT2D eigenvalue weighted by atomic mass is 10.0. The zero-order valence-electron chi connectivity index (χ0n) is 17.6. The molecular weight excluding hydrogens is 438 g/mol. The molecule has 0 bridgehead atoms. The van der Waals surface area contributed by atoms with Crippen molar-refractivity contribution >= 4 is 33.9 Å². The molecular formula is C22H24F2N4O3S. The molecule has 170 valence electrons. The van der Waals surface area contributed by atoms with Crippen LogP contribution < -0.4 is 16.0 Å². The number of hydrogen-bond acceptors (Lipinski definition) is 7. The minimum Gasteiger partial charge on any atom is -0.395 e. The van der Waals surface area contributed by atoms with E-state index in [9.17, 15) is 18.7 Å². The summed E-state index contributed by atoms with van der Waals surface area (Å²) < 4.78 is 29.5. The summed E-state index contributed by atoms with van der Waals surface area (Å²) in [6, 6.07) is 8.86. The molecule has 0 saturated heterocycles. The standard InChI is InChI=1S/C22H24F2N4O3S/c1-12(30)8-13-9-15(23)20(16(24)10-13)17-11-14(21(25)31)22(32-17)27-18-4-3-5-19(26-18)28(2)6-7-29/h3-5,9-12,29-30H,6-8H2,1-2H3,(H2,25,31)(H,26,27). The lowest BCUT2D eigenvalue weighted by Crippen LogP contribution is -2.22. The highest BCUT2D eigenvalue weighted by Gasteiger charge is 2.21. The molecule has 3 aromatic rings. The summed E-state index contributed by atoms with van der Waals surface area (Å²) in [7, 11) is 1.77. The Balaban J connectivity index is 1.97. The van der Waals surface area contributed by atoms with Crippen molar-refractivity contribution in [3.05, 3.63) is 59.2 Å². The van der Waals surface area contributed by atoms with Gasteiger partial charge in [-0.3, -0.25) is 4.79 Å². The van der Waals surface area contributed by atoms with E-state index < -0.39 is 23.6 Å². The third-order valence-corrected chi connectivity index (χ3v) is 5.75. The number of nitrogens with two attached hydrogens (primary N) is 1. The van der Waals surface area contributed by atoms with Crippen LogP contribution >= 0.6 is 11.3 Å². The number of aromatic nitrogens is 1. The molecule has 1 amide bonds. The summed E-state index contributed by atoms with van der Waals surface area (Å²) >= 11 is 0.973. The number of nitrogens with one attached hydrogen (secondary N) is 1. The molecule has 10 heteroatoms. The van der Waals surface area contributed by atoms with Crippen molar-refractivity contribution < 1.29 is 23.8 Å². The quantitative estimate of drug-likeness (QED) is 0.388. The number of pyridine rings is 1. The number of aliphatic hydroxyl groups is 2. The molecule has 0 fully saturated rings. The van der Waals surface area contributed by atoms with Crippen LogP contribution in [0.5, 0.6) is 0 Å². The van der Waals surface area contributed by atoms with Gasteiger partial charge in [-0.1, -0.05) is 6.07 Å². The van der Waals surface area contributed by atoms with Crippen LogP contribution in [0.15, 0.2) is 36.4 Å². The fourth-order valence-corrected chi connectivity index (χ4v) is 4.32. The lowest BCUT2D eigenvalue weighted by Gasteiger charge is -2.17. The number of rotatable bonds is 9. The maximum Gasteiger partial charge on any atom is 0.251 e. The first-order valence-electron chi connectivity index (χ1n) is 9.85. The average Bonchev–Trinajstić information content (AvgIpc) is 3.10. The number of hydrogen-bond donors (Lipinski definition) is 4. The number of likely N-dealkylation sites (N-methyl/N-ethyl adjacent to an activating group) is 1. The second-order valence-corrected chi connectivity index (χ2v) is 8.41. The van der Waals surface area contributed by atoms with E-state index in [0.717, 1.165) is 11.3 Å². The van der Waals surface area contributed by atoms with Crippen LogP contribution in [-0.4, -0.2) is 47.4 Å². The van der Waals surface area contributed by atoms with Gasteiger partial charge in [-0.25, -0.2) is 13.8 Å². The Kier molecular flexibility index (Phi) is 7.39. The first-order valence-corrected chi connectivity index (χ1v) is 10.7. The number of anilines is 3. The van der Waals surface area contributed by atoms with Crippen molar-refractivity contribution in [1.82, 2.24) is 4.98 Å². The van der Waals surface area contributed by atoms with Crippen molar-refractivity contribution in [3.63, 3.8) is 0 Å². The Morgan fingerprint density at radius 3 is 2.56 bits per heavy atom. The molecule has 5 N–H and O–H groups in total. The van der Waals surface area contributed by atoms with Crippen molar-refractivity contribution in [2.45, 2.75) is 19.4 Å². The predicted octanol–water partition coefficient (Wildman–Crippen LogP) is 3.28. The number of thiophene rings is 1. The minimum absolute atomic E-state index is 0.0386. The number of benzene rings is 1. The first-order chi connectivity index (χ1) is 15.2. The Morgan fingerprint density at radius 1 is 1.28 bits per heavy atom. The molecule has 1 atom stereocenters. The van der Waals surface area contributed by atoms with Gasteiger partial charge in [-0.15, -0.1) is 11.3 Å². The number of primary amides is 1. The molecule has 3 rings (SSSR count). The van der Waals surface area contributed by atoms with Crippen LogP contribution in [-0.2, 0) is 6.42 Å². The molecule has 0 aliphatic carbocycles. The summed E-state index contributed by atoms with van der Waals surface area (Å²) in [5.74, 6) is -1.36. The molecule has 0 saturated carbocycles. The summed E-state index contributed by atoms with van der Waals surface area (Å²) in [5, 5.41) is 21.9. The fraction of sp³-hybridized carbons (Fsp3) is 0.273. The van der Waals surface area contributed by atoms with Gasteiger partial charge in [-0.2, -0.15) is 0 Å². The van der Waals surface area contributed by atoms with E-state index in [-0.39, 0.29) is 29.0 Å². The largest absolute Gasteiger partial charge is 0.395 e. The molecule has 1 unspecified atom stereocenters. The van der Waals surface area contributed by atoms with Crippen molar-refractivity contribution in [1.29, 1.82) is 0 Å². The van der Waals surface area contributed by atoms with E-state index in [1.807, 2.05) is 0 Å². The minimum atomic E-state index is -0.796. The number of nitrogens with zero attached hydrogens (tertiary/aromatic N) is 2. The topological polar surface area (TPSA) is 112 Å². The maximum atomic E-state index is 14.7. The van der Waals surface area contributed by atoms with E-state index in [2.05, 4.69) is 10.3 Å². The second-order valence-electron chi connectivity index (χ2n) is 7.36. The van der Waals surface area contributed by atoms with Crippen LogP contribution in [0, 0.1) is 11.6 Å². The highest BCUT2D eigenvalue weighted by molar-refractivity contribution is 7.20. The molecule has 7 nitrogen and oxygen atoms in total. The Hall–Kier alpha value is -3.08. The third kappa shape index (κ3) is 5.39. The van der Waals surface area contributed by atoms with Gasteiger partial charge in [0.15, 0.2) is 0 Å². The van der Waals surface area contributed by atoms with Crippen molar-refractivity contribution in [3.8, 4) is 10.4 Å². The molecule has 0 aliphatic rings. The van der Waals surface area contributed by atoms with Crippen molar-refractivity contribution in [2.75, 3.05) is 30.4 Å². The number of amides is 1. The summed E-state index contributed by atoms with van der Waals surface area (Å²) in [5.41, 5.74) is 5.62. The summed E-state index contributed by atoms with van der Waals surface area (Å²) in [4.78, 5) is 18.3. The van der Waals surface area contributed by atoms with E-state index in [1.54, 1.807) is 30.1 Å². The molecule has 2 heterocycles. The normalized spacial score (nSPS) is 11.9. The van der Waals surface area contributed by atoms with E-state index >= 15 is 0 Å². The van der Waals surface area contributed by atoms with Gasteiger partial charge in [0.05, 0.1) is 23.8 Å². The Morgan fingerprint density at radius 2 is 1.97 bits per heavy atom. The zero-order chi connectivity index (χ0) is 23.4. The van der Waals surface area contributed by atoms with Crippen LogP contribution in [0.1, 0.15) is 22.8 Å². The second kappa shape index (κ2) is 10.0. The molecule has 0 aliphatic heterocycles. The molecule has 0 spiro atoms. The number of halogens is 2. The van der Waals surface area contributed by atoms with Crippen LogP contribution in [0.4, 0.5) is 25.4 Å². The smallest absolute Gasteiger partial charge is 0.251 e. The van der Waals surface area contributed by atoms with Gasteiger partial charge < -0.3 is 26.2 Å². The monoisotopic (exact) mass is 462 g/mol. The highest BCUT2D eigenvalue weighted by Crippen LogP contribution is 2.39. The summed E-state index contributed by atoms with van der Waals surface area (Å²) in [6.07, 6.45) is -0.622. The van der Waals surface area contributed by atoms with Crippen LogP contribution in [0.25, 0.3) is 10.4 Å². The van der Waals surface area contributed by atoms with Gasteiger partial charge in [0.25, 0.3) is 5.91 Å². The van der Waals surface area contributed by atoms with Gasteiger partial charge >= 0.3 is 0 Å².